The molecule has 0 heterocycles. The minimum absolute atomic E-state index is 0.0328. The van der Waals surface area contributed by atoms with Gasteiger partial charge in [-0.1, -0.05) is 45.2 Å². The molecule has 2 rings (SSSR count). The maximum Gasteiger partial charge on any atom is 0.126 e. The highest BCUT2D eigenvalue weighted by Crippen LogP contribution is 2.29. The van der Waals surface area contributed by atoms with E-state index in [1.807, 2.05) is 25.2 Å². The SMILES string of the molecule is CNC(Cc1cc(Cl)ccc1F)c1ccc(Cl)cc1Br. The molecular formula is C15H13BrCl2FN. The zero-order valence-corrected chi connectivity index (χ0v) is 13.9. The lowest BCUT2D eigenvalue weighted by molar-refractivity contribution is 0.553. The maximum atomic E-state index is 13.8. The molecule has 0 bridgehead atoms. The summed E-state index contributed by atoms with van der Waals surface area (Å²) in [5.74, 6) is -0.250. The third-order valence-electron chi connectivity index (χ3n) is 3.12. The molecule has 1 unspecified atom stereocenters. The van der Waals surface area contributed by atoms with Gasteiger partial charge in [0.15, 0.2) is 0 Å². The van der Waals surface area contributed by atoms with Gasteiger partial charge in [0.05, 0.1) is 0 Å². The van der Waals surface area contributed by atoms with Crippen LogP contribution in [0.25, 0.3) is 0 Å². The number of hydrogen-bond acceptors (Lipinski definition) is 1. The Labute approximate surface area is 136 Å². The van der Waals surface area contributed by atoms with E-state index in [-0.39, 0.29) is 11.9 Å². The average Bonchev–Trinajstić information content (AvgIpc) is 2.40. The van der Waals surface area contributed by atoms with E-state index in [0.717, 1.165) is 10.0 Å². The first-order chi connectivity index (χ1) is 9.51. The van der Waals surface area contributed by atoms with E-state index < -0.39 is 0 Å². The first-order valence-electron chi connectivity index (χ1n) is 6.07. The molecule has 0 aromatic heterocycles. The first-order valence-corrected chi connectivity index (χ1v) is 7.62. The molecule has 5 heteroatoms. The second kappa shape index (κ2) is 6.90. The van der Waals surface area contributed by atoms with Gasteiger partial charge in [-0.3, -0.25) is 0 Å². The van der Waals surface area contributed by atoms with Crippen molar-refractivity contribution in [3.05, 3.63) is 67.9 Å². The van der Waals surface area contributed by atoms with Gasteiger partial charge in [-0.15, -0.1) is 0 Å². The molecule has 0 aliphatic rings. The summed E-state index contributed by atoms with van der Waals surface area (Å²) in [6, 6.07) is 10.1. The lowest BCUT2D eigenvalue weighted by atomic mass is 9.98. The summed E-state index contributed by atoms with van der Waals surface area (Å²) >= 11 is 15.4. The Morgan fingerprint density at radius 1 is 1.15 bits per heavy atom. The molecule has 2 aromatic rings. The molecule has 0 saturated carbocycles. The van der Waals surface area contributed by atoms with Crippen LogP contribution in [-0.4, -0.2) is 7.05 Å². The molecule has 2 aromatic carbocycles. The molecule has 0 spiro atoms. The van der Waals surface area contributed by atoms with Crippen LogP contribution in [0.15, 0.2) is 40.9 Å². The zero-order chi connectivity index (χ0) is 14.7. The van der Waals surface area contributed by atoms with Gasteiger partial charge in [0.25, 0.3) is 0 Å². The number of hydrogen-bond donors (Lipinski definition) is 1. The summed E-state index contributed by atoms with van der Waals surface area (Å²) in [5, 5.41) is 4.38. The smallest absolute Gasteiger partial charge is 0.126 e. The van der Waals surface area contributed by atoms with Gasteiger partial charge in [0, 0.05) is 20.6 Å². The Bertz CT molecular complexity index is 619. The van der Waals surface area contributed by atoms with E-state index in [0.29, 0.717) is 22.0 Å². The summed E-state index contributed by atoms with van der Waals surface area (Å²) in [5.41, 5.74) is 1.61. The number of likely N-dealkylation sites (N-methyl/N-ethyl adjacent to an activating group) is 1. The third-order valence-corrected chi connectivity index (χ3v) is 4.28. The normalized spacial score (nSPS) is 12.4. The number of rotatable bonds is 4. The molecule has 0 saturated heterocycles. The summed E-state index contributed by atoms with van der Waals surface area (Å²) in [6.07, 6.45) is 0.503. The predicted molar refractivity (Wildman–Crippen MR) is 86.1 cm³/mol. The molecule has 0 aliphatic carbocycles. The van der Waals surface area contributed by atoms with E-state index in [4.69, 9.17) is 23.2 Å². The molecule has 0 amide bonds. The van der Waals surface area contributed by atoms with Crippen molar-refractivity contribution in [1.29, 1.82) is 0 Å². The van der Waals surface area contributed by atoms with E-state index in [9.17, 15) is 4.39 Å². The summed E-state index contributed by atoms with van der Waals surface area (Å²) < 4.78 is 14.7. The minimum Gasteiger partial charge on any atom is -0.313 e. The second-order valence-electron chi connectivity index (χ2n) is 4.45. The molecule has 106 valence electrons. The lowest BCUT2D eigenvalue weighted by Crippen LogP contribution is -2.19. The van der Waals surface area contributed by atoms with Crippen molar-refractivity contribution in [2.24, 2.45) is 0 Å². The standard InChI is InChI=1S/C15H13BrCl2FN/c1-20-15(12-4-2-11(18)8-13(12)16)7-9-6-10(17)3-5-14(9)19/h2-6,8,15,20H,7H2,1H3. The highest BCUT2D eigenvalue weighted by molar-refractivity contribution is 9.10. The molecule has 20 heavy (non-hydrogen) atoms. The van der Waals surface area contributed by atoms with Crippen LogP contribution < -0.4 is 5.32 Å². The van der Waals surface area contributed by atoms with Crippen molar-refractivity contribution in [2.45, 2.75) is 12.5 Å². The fraction of sp³-hybridized carbons (Fsp3) is 0.200. The fourth-order valence-electron chi connectivity index (χ4n) is 2.07. The molecule has 0 aliphatic heterocycles. The van der Waals surface area contributed by atoms with Crippen molar-refractivity contribution >= 4 is 39.1 Å². The van der Waals surface area contributed by atoms with Crippen molar-refractivity contribution in [3.8, 4) is 0 Å². The predicted octanol–water partition coefficient (Wildman–Crippen LogP) is 5.40. The van der Waals surface area contributed by atoms with Crippen LogP contribution in [0, 0.1) is 5.82 Å². The Hall–Kier alpha value is -0.610. The van der Waals surface area contributed by atoms with Crippen LogP contribution in [0.3, 0.4) is 0 Å². The van der Waals surface area contributed by atoms with Crippen molar-refractivity contribution in [2.75, 3.05) is 7.05 Å². The van der Waals surface area contributed by atoms with Gasteiger partial charge in [-0.05, 0) is 54.9 Å². The summed E-state index contributed by atoms with van der Waals surface area (Å²) in [6.45, 7) is 0. The maximum absolute atomic E-state index is 13.8. The van der Waals surface area contributed by atoms with E-state index in [1.165, 1.54) is 6.07 Å². The van der Waals surface area contributed by atoms with Gasteiger partial charge in [-0.2, -0.15) is 0 Å². The fourth-order valence-corrected chi connectivity index (χ4v) is 3.22. The third kappa shape index (κ3) is 3.73. The van der Waals surface area contributed by atoms with Crippen LogP contribution in [-0.2, 0) is 6.42 Å². The monoisotopic (exact) mass is 375 g/mol. The molecule has 1 nitrogen and oxygen atoms in total. The van der Waals surface area contributed by atoms with Crippen LogP contribution in [0.5, 0.6) is 0 Å². The topological polar surface area (TPSA) is 12.0 Å². The number of halogens is 4. The van der Waals surface area contributed by atoms with Crippen LogP contribution in [0.4, 0.5) is 4.39 Å². The Balaban J connectivity index is 2.31. The minimum atomic E-state index is -0.250. The van der Waals surface area contributed by atoms with E-state index >= 15 is 0 Å². The highest BCUT2D eigenvalue weighted by atomic mass is 79.9. The molecule has 0 radical (unpaired) electrons. The molecule has 1 N–H and O–H groups in total. The van der Waals surface area contributed by atoms with Crippen molar-refractivity contribution < 1.29 is 4.39 Å². The van der Waals surface area contributed by atoms with Gasteiger partial charge in [-0.25, -0.2) is 4.39 Å². The van der Waals surface area contributed by atoms with Gasteiger partial charge < -0.3 is 5.32 Å². The van der Waals surface area contributed by atoms with Crippen LogP contribution >= 0.6 is 39.1 Å². The average molecular weight is 377 g/mol. The quantitative estimate of drug-likeness (QED) is 0.753. The second-order valence-corrected chi connectivity index (χ2v) is 6.17. The number of benzene rings is 2. The Morgan fingerprint density at radius 2 is 1.80 bits per heavy atom. The molecular weight excluding hydrogens is 364 g/mol. The van der Waals surface area contributed by atoms with Gasteiger partial charge >= 0.3 is 0 Å². The Morgan fingerprint density at radius 3 is 2.45 bits per heavy atom. The van der Waals surface area contributed by atoms with E-state index in [2.05, 4.69) is 21.2 Å². The molecule has 1 atom stereocenters. The van der Waals surface area contributed by atoms with Crippen LogP contribution in [0.1, 0.15) is 17.2 Å². The van der Waals surface area contributed by atoms with Gasteiger partial charge in [0.2, 0.25) is 0 Å². The Kier molecular flexibility index (Phi) is 5.44. The largest absolute Gasteiger partial charge is 0.313 e. The highest BCUT2D eigenvalue weighted by Gasteiger charge is 2.16. The van der Waals surface area contributed by atoms with Crippen molar-refractivity contribution in [1.82, 2.24) is 5.32 Å². The van der Waals surface area contributed by atoms with Crippen LogP contribution in [0.2, 0.25) is 10.0 Å². The van der Waals surface area contributed by atoms with Crippen molar-refractivity contribution in [3.63, 3.8) is 0 Å². The summed E-state index contributed by atoms with van der Waals surface area (Å²) in [4.78, 5) is 0. The molecule has 0 fully saturated rings. The number of nitrogens with one attached hydrogen (secondary N) is 1. The summed E-state index contributed by atoms with van der Waals surface area (Å²) in [7, 11) is 1.84. The first kappa shape index (κ1) is 15.8. The van der Waals surface area contributed by atoms with Gasteiger partial charge in [0.1, 0.15) is 5.82 Å². The lowest BCUT2D eigenvalue weighted by Gasteiger charge is -2.19. The van der Waals surface area contributed by atoms with E-state index in [1.54, 1.807) is 12.1 Å². The zero-order valence-electron chi connectivity index (χ0n) is 10.8.